The van der Waals surface area contributed by atoms with E-state index in [-0.39, 0.29) is 11.9 Å². The van der Waals surface area contributed by atoms with Crippen LogP contribution in [0.25, 0.3) is 10.9 Å². The first-order valence-corrected chi connectivity index (χ1v) is 10.3. The SMILES string of the molecule is CC[C@]1(C[C@H]2CCC[C@@H](Nc3ccc4ccccc4n3)C2)NC(=N)N(C)C1=O. The van der Waals surface area contributed by atoms with E-state index in [2.05, 4.69) is 28.8 Å². The lowest BCUT2D eigenvalue weighted by atomic mass is 9.76. The van der Waals surface area contributed by atoms with E-state index in [1.807, 2.05) is 25.1 Å². The van der Waals surface area contributed by atoms with E-state index >= 15 is 0 Å². The predicted octanol–water partition coefficient (Wildman–Crippen LogP) is 3.74. The van der Waals surface area contributed by atoms with E-state index in [4.69, 9.17) is 10.4 Å². The number of nitrogens with one attached hydrogen (secondary N) is 3. The van der Waals surface area contributed by atoms with Crippen molar-refractivity contribution in [3.63, 3.8) is 0 Å². The van der Waals surface area contributed by atoms with Gasteiger partial charge in [0.2, 0.25) is 0 Å². The number of guanidine groups is 1. The van der Waals surface area contributed by atoms with E-state index in [1.54, 1.807) is 7.05 Å². The molecule has 3 N–H and O–H groups in total. The maximum Gasteiger partial charge on any atom is 0.254 e. The molecule has 28 heavy (non-hydrogen) atoms. The molecule has 2 aliphatic rings. The number of benzene rings is 1. The van der Waals surface area contributed by atoms with Crippen molar-refractivity contribution in [1.29, 1.82) is 5.41 Å². The maximum atomic E-state index is 12.7. The number of hydrogen-bond acceptors (Lipinski definition) is 4. The molecular formula is C22H29N5O. The highest BCUT2D eigenvalue weighted by Crippen LogP contribution is 2.36. The summed E-state index contributed by atoms with van der Waals surface area (Å²) in [5.74, 6) is 1.64. The maximum absolute atomic E-state index is 12.7. The van der Waals surface area contributed by atoms with Crippen LogP contribution in [0.5, 0.6) is 0 Å². The summed E-state index contributed by atoms with van der Waals surface area (Å²) < 4.78 is 0. The number of amides is 1. The van der Waals surface area contributed by atoms with E-state index in [0.717, 1.165) is 48.8 Å². The van der Waals surface area contributed by atoms with E-state index in [1.165, 1.54) is 4.90 Å². The minimum atomic E-state index is -0.612. The Morgan fingerprint density at radius 3 is 2.86 bits per heavy atom. The molecule has 0 unspecified atom stereocenters. The summed E-state index contributed by atoms with van der Waals surface area (Å²) in [6, 6.07) is 12.7. The molecule has 6 nitrogen and oxygen atoms in total. The average Bonchev–Trinajstić information content (AvgIpc) is 2.92. The minimum Gasteiger partial charge on any atom is -0.367 e. The number of carbonyl (C=O) groups is 1. The van der Waals surface area contributed by atoms with Crippen LogP contribution in [-0.4, -0.2) is 40.4 Å². The van der Waals surface area contributed by atoms with Crippen molar-refractivity contribution in [1.82, 2.24) is 15.2 Å². The summed E-state index contributed by atoms with van der Waals surface area (Å²) in [7, 11) is 1.69. The second-order valence-electron chi connectivity index (χ2n) is 8.24. The van der Waals surface area contributed by atoms with Crippen LogP contribution in [0.15, 0.2) is 36.4 Å². The molecule has 148 valence electrons. The van der Waals surface area contributed by atoms with E-state index < -0.39 is 5.54 Å². The molecule has 1 amide bonds. The molecule has 2 heterocycles. The normalized spacial score (nSPS) is 27.9. The quantitative estimate of drug-likeness (QED) is 0.739. The van der Waals surface area contributed by atoms with Gasteiger partial charge >= 0.3 is 0 Å². The predicted molar refractivity (Wildman–Crippen MR) is 112 cm³/mol. The van der Waals surface area contributed by atoms with Crippen LogP contribution in [0, 0.1) is 11.3 Å². The zero-order valence-electron chi connectivity index (χ0n) is 16.7. The van der Waals surface area contributed by atoms with Crippen molar-refractivity contribution < 1.29 is 4.79 Å². The molecule has 1 aliphatic carbocycles. The minimum absolute atomic E-state index is 0.0336. The first-order chi connectivity index (χ1) is 13.5. The third-order valence-electron chi connectivity index (χ3n) is 6.38. The monoisotopic (exact) mass is 379 g/mol. The van der Waals surface area contributed by atoms with Gasteiger partial charge in [0, 0.05) is 18.5 Å². The molecular weight excluding hydrogens is 350 g/mol. The van der Waals surface area contributed by atoms with Crippen LogP contribution in [0.1, 0.15) is 45.4 Å². The average molecular weight is 380 g/mol. The van der Waals surface area contributed by atoms with Crippen molar-refractivity contribution in [3.05, 3.63) is 36.4 Å². The fourth-order valence-corrected chi connectivity index (χ4v) is 4.76. The van der Waals surface area contributed by atoms with Gasteiger partial charge in [-0.05, 0) is 49.8 Å². The number of aromatic nitrogens is 1. The second kappa shape index (κ2) is 7.41. The molecule has 1 aliphatic heterocycles. The van der Waals surface area contributed by atoms with Crippen molar-refractivity contribution in [3.8, 4) is 0 Å². The molecule has 3 atom stereocenters. The Morgan fingerprint density at radius 2 is 2.11 bits per heavy atom. The largest absolute Gasteiger partial charge is 0.367 e. The Balaban J connectivity index is 1.44. The second-order valence-corrected chi connectivity index (χ2v) is 8.24. The van der Waals surface area contributed by atoms with Gasteiger partial charge in [0.05, 0.1) is 5.52 Å². The topological polar surface area (TPSA) is 81.1 Å². The Bertz CT molecular complexity index is 897. The van der Waals surface area contributed by atoms with Crippen LogP contribution in [-0.2, 0) is 4.79 Å². The Morgan fingerprint density at radius 1 is 1.29 bits per heavy atom. The summed E-state index contributed by atoms with van der Waals surface area (Å²) in [4.78, 5) is 18.9. The lowest BCUT2D eigenvalue weighted by Crippen LogP contribution is -2.48. The number of anilines is 1. The number of fused-ring (bicyclic) bond motifs is 1. The number of pyridine rings is 1. The van der Waals surface area contributed by atoms with Crippen LogP contribution in [0.2, 0.25) is 0 Å². The highest BCUT2D eigenvalue weighted by Gasteiger charge is 2.48. The molecule has 1 saturated heterocycles. The molecule has 0 radical (unpaired) electrons. The van der Waals surface area contributed by atoms with Crippen molar-refractivity contribution in [2.45, 2.75) is 57.0 Å². The smallest absolute Gasteiger partial charge is 0.254 e. The molecule has 6 heteroatoms. The van der Waals surface area contributed by atoms with Crippen molar-refractivity contribution in [2.24, 2.45) is 5.92 Å². The zero-order chi connectivity index (χ0) is 19.7. The fourth-order valence-electron chi connectivity index (χ4n) is 4.76. The van der Waals surface area contributed by atoms with Gasteiger partial charge in [0.15, 0.2) is 5.96 Å². The molecule has 4 rings (SSSR count). The number of hydrogen-bond donors (Lipinski definition) is 3. The van der Waals surface area contributed by atoms with Gasteiger partial charge in [0.1, 0.15) is 11.4 Å². The highest BCUT2D eigenvalue weighted by molar-refractivity contribution is 6.07. The Labute approximate surface area is 166 Å². The molecule has 1 saturated carbocycles. The Kier molecular flexibility index (Phi) is 4.96. The number of rotatable bonds is 5. The van der Waals surface area contributed by atoms with Crippen LogP contribution in [0.3, 0.4) is 0 Å². The van der Waals surface area contributed by atoms with E-state index in [0.29, 0.717) is 18.4 Å². The van der Waals surface area contributed by atoms with Gasteiger partial charge < -0.3 is 10.6 Å². The number of nitrogens with zero attached hydrogens (tertiary/aromatic N) is 2. The summed E-state index contributed by atoms with van der Waals surface area (Å²) in [5, 5.41) is 15.9. The third kappa shape index (κ3) is 3.43. The zero-order valence-corrected chi connectivity index (χ0v) is 16.7. The number of carbonyl (C=O) groups excluding carboxylic acids is 1. The van der Waals surface area contributed by atoms with Gasteiger partial charge in [-0.1, -0.05) is 38.0 Å². The summed E-state index contributed by atoms with van der Waals surface area (Å²) >= 11 is 0. The molecule has 1 aromatic heterocycles. The summed E-state index contributed by atoms with van der Waals surface area (Å²) in [5.41, 5.74) is 0.395. The van der Waals surface area contributed by atoms with Crippen LogP contribution >= 0.6 is 0 Å². The molecule has 0 bridgehead atoms. The standard InChI is InChI=1S/C22H29N5O/c1-3-22(20(28)27(2)21(23)26-22)14-15-7-6-9-17(13-15)24-19-12-11-16-8-4-5-10-18(16)25-19/h4-5,8,10-12,15,17H,3,6-7,9,13-14H2,1-2H3,(H2,23,26)(H,24,25)/t15-,17+,22+/m0/s1. The fraction of sp³-hybridized carbons (Fsp3) is 0.500. The van der Waals surface area contributed by atoms with Crippen molar-refractivity contribution in [2.75, 3.05) is 12.4 Å². The molecule has 2 aromatic rings. The lowest BCUT2D eigenvalue weighted by Gasteiger charge is -2.35. The van der Waals surface area contributed by atoms with Crippen LogP contribution < -0.4 is 10.6 Å². The van der Waals surface area contributed by atoms with Gasteiger partial charge in [-0.15, -0.1) is 0 Å². The van der Waals surface area contributed by atoms with Gasteiger partial charge in [0.25, 0.3) is 5.91 Å². The lowest BCUT2D eigenvalue weighted by molar-refractivity contribution is -0.131. The number of para-hydroxylation sites is 1. The first-order valence-electron chi connectivity index (χ1n) is 10.3. The van der Waals surface area contributed by atoms with Gasteiger partial charge in [-0.2, -0.15) is 0 Å². The summed E-state index contributed by atoms with van der Waals surface area (Å²) in [6.07, 6.45) is 5.94. The first kappa shape index (κ1) is 18.7. The van der Waals surface area contributed by atoms with E-state index in [9.17, 15) is 4.79 Å². The molecule has 1 aromatic carbocycles. The molecule has 0 spiro atoms. The van der Waals surface area contributed by atoms with Crippen molar-refractivity contribution >= 4 is 28.6 Å². The van der Waals surface area contributed by atoms with Gasteiger partial charge in [-0.3, -0.25) is 15.1 Å². The third-order valence-corrected chi connectivity index (χ3v) is 6.38. The van der Waals surface area contributed by atoms with Crippen LogP contribution in [0.4, 0.5) is 5.82 Å². The Hall–Kier alpha value is -2.63. The highest BCUT2D eigenvalue weighted by atomic mass is 16.2. The summed E-state index contributed by atoms with van der Waals surface area (Å²) in [6.45, 7) is 2.04. The number of likely N-dealkylation sites (N-methyl/N-ethyl adjacent to an activating group) is 1. The van der Waals surface area contributed by atoms with Gasteiger partial charge in [-0.25, -0.2) is 4.98 Å². The molecule has 2 fully saturated rings.